The molecule has 96 valence electrons. The van der Waals surface area contributed by atoms with E-state index in [-0.39, 0.29) is 11.5 Å². The maximum Gasteiger partial charge on any atom is 0.207 e. The number of nitrogen functional groups attached to an aromatic ring is 1. The van der Waals surface area contributed by atoms with Crippen molar-refractivity contribution in [2.45, 2.75) is 0 Å². The van der Waals surface area contributed by atoms with Gasteiger partial charge in [0.25, 0.3) is 0 Å². The summed E-state index contributed by atoms with van der Waals surface area (Å²) >= 11 is 9.07. The van der Waals surface area contributed by atoms with Crippen molar-refractivity contribution in [1.29, 1.82) is 0 Å². The predicted octanol–water partition coefficient (Wildman–Crippen LogP) is 2.93. The molecule has 0 aliphatic heterocycles. The highest BCUT2D eigenvalue weighted by molar-refractivity contribution is 9.10. The highest BCUT2D eigenvalue weighted by Gasteiger charge is 2.16. The fourth-order valence-electron chi connectivity index (χ4n) is 1.74. The fraction of sp³-hybridized carbons (Fsp3) is 0. The summed E-state index contributed by atoms with van der Waals surface area (Å²) in [6.45, 7) is 0. The summed E-state index contributed by atoms with van der Waals surface area (Å²) in [5.41, 5.74) is 6.90. The zero-order valence-electron chi connectivity index (χ0n) is 9.31. The van der Waals surface area contributed by atoms with E-state index in [1.165, 1.54) is 22.9 Å². The van der Waals surface area contributed by atoms with Crippen LogP contribution < -0.4 is 5.73 Å². The third kappa shape index (κ3) is 1.95. The quantitative estimate of drug-likeness (QED) is 0.738. The van der Waals surface area contributed by atoms with Crippen LogP contribution in [0.15, 0.2) is 29.0 Å². The summed E-state index contributed by atoms with van der Waals surface area (Å²) in [5.74, 6) is -0.309. The molecule has 3 aromatic rings. The van der Waals surface area contributed by atoms with Crippen LogP contribution in [0, 0.1) is 5.82 Å². The van der Waals surface area contributed by atoms with Crippen LogP contribution in [-0.2, 0) is 0 Å². The maximum absolute atomic E-state index is 13.9. The van der Waals surface area contributed by atoms with Crippen LogP contribution in [0.5, 0.6) is 0 Å². The van der Waals surface area contributed by atoms with Crippen LogP contribution in [0.1, 0.15) is 0 Å². The summed E-state index contributed by atoms with van der Waals surface area (Å²) in [6.07, 6.45) is 1.43. The SMILES string of the molecule is Nc1nc(-c2ccc(Cl)cc2F)c(Br)c2nncn12. The Morgan fingerprint density at radius 3 is 2.89 bits per heavy atom. The Morgan fingerprint density at radius 2 is 2.16 bits per heavy atom. The Balaban J connectivity index is 2.33. The van der Waals surface area contributed by atoms with Crippen molar-refractivity contribution in [1.82, 2.24) is 19.6 Å². The maximum atomic E-state index is 13.9. The second kappa shape index (κ2) is 4.43. The van der Waals surface area contributed by atoms with Crippen molar-refractivity contribution in [3.63, 3.8) is 0 Å². The Morgan fingerprint density at radius 1 is 1.37 bits per heavy atom. The van der Waals surface area contributed by atoms with E-state index in [1.54, 1.807) is 6.07 Å². The summed E-state index contributed by atoms with van der Waals surface area (Å²) in [4.78, 5) is 4.16. The number of rotatable bonds is 1. The lowest BCUT2D eigenvalue weighted by atomic mass is 10.1. The molecule has 2 heterocycles. The van der Waals surface area contributed by atoms with Gasteiger partial charge in [-0.15, -0.1) is 10.2 Å². The van der Waals surface area contributed by atoms with E-state index in [2.05, 4.69) is 31.1 Å². The number of hydrogen-bond donors (Lipinski definition) is 1. The second-order valence-electron chi connectivity index (χ2n) is 3.78. The molecule has 0 aliphatic rings. The monoisotopic (exact) mass is 341 g/mol. The van der Waals surface area contributed by atoms with Gasteiger partial charge in [-0.2, -0.15) is 0 Å². The molecule has 0 atom stereocenters. The lowest BCUT2D eigenvalue weighted by molar-refractivity contribution is 0.630. The largest absolute Gasteiger partial charge is 0.369 e. The predicted molar refractivity (Wildman–Crippen MR) is 73.3 cm³/mol. The smallest absolute Gasteiger partial charge is 0.207 e. The van der Waals surface area contributed by atoms with E-state index in [1.807, 2.05) is 0 Å². The summed E-state index contributed by atoms with van der Waals surface area (Å²) in [5, 5.41) is 7.97. The molecule has 3 rings (SSSR count). The Hall–Kier alpha value is -1.73. The molecule has 0 amide bonds. The second-order valence-corrected chi connectivity index (χ2v) is 5.01. The highest BCUT2D eigenvalue weighted by Crippen LogP contribution is 2.32. The average molecular weight is 343 g/mol. The fourth-order valence-corrected chi connectivity index (χ4v) is 2.47. The molecular formula is C11H6BrClFN5. The minimum Gasteiger partial charge on any atom is -0.369 e. The van der Waals surface area contributed by atoms with Crippen molar-refractivity contribution in [3.8, 4) is 11.3 Å². The van der Waals surface area contributed by atoms with E-state index in [0.29, 0.717) is 20.8 Å². The molecule has 8 heteroatoms. The van der Waals surface area contributed by atoms with Crippen LogP contribution in [0.3, 0.4) is 0 Å². The van der Waals surface area contributed by atoms with Gasteiger partial charge in [-0.3, -0.25) is 4.40 Å². The summed E-state index contributed by atoms with van der Waals surface area (Å²) in [7, 11) is 0. The molecule has 0 saturated carbocycles. The lowest BCUT2D eigenvalue weighted by Gasteiger charge is -2.08. The molecule has 0 bridgehead atoms. The van der Waals surface area contributed by atoms with E-state index >= 15 is 0 Å². The van der Waals surface area contributed by atoms with Crippen molar-refractivity contribution < 1.29 is 4.39 Å². The summed E-state index contributed by atoms with van der Waals surface area (Å²) < 4.78 is 16.0. The van der Waals surface area contributed by atoms with Crippen molar-refractivity contribution >= 4 is 39.1 Å². The van der Waals surface area contributed by atoms with Crippen molar-refractivity contribution in [2.75, 3.05) is 5.73 Å². The minimum absolute atomic E-state index is 0.174. The van der Waals surface area contributed by atoms with Gasteiger partial charge in [0.1, 0.15) is 12.1 Å². The molecular weight excluding hydrogens is 337 g/mol. The first-order valence-electron chi connectivity index (χ1n) is 5.18. The minimum atomic E-state index is -0.482. The van der Waals surface area contributed by atoms with E-state index in [0.717, 1.165) is 0 Å². The molecule has 2 N–H and O–H groups in total. The van der Waals surface area contributed by atoms with Gasteiger partial charge in [0.15, 0.2) is 5.65 Å². The Labute approximate surface area is 120 Å². The molecule has 1 aromatic carbocycles. The molecule has 0 saturated heterocycles. The number of aromatic nitrogens is 4. The molecule has 5 nitrogen and oxygen atoms in total. The van der Waals surface area contributed by atoms with Crippen molar-refractivity contribution in [2.24, 2.45) is 0 Å². The van der Waals surface area contributed by atoms with Crippen LogP contribution in [0.2, 0.25) is 5.02 Å². The Bertz CT molecular complexity index is 788. The van der Waals surface area contributed by atoms with E-state index < -0.39 is 5.82 Å². The standard InChI is InChI=1S/C11H6BrClFN5/c12-8-9(6-2-1-5(13)3-7(6)14)17-11(15)19-4-16-18-10(8)19/h1-4H,(H2,15,17). The summed E-state index contributed by atoms with van der Waals surface area (Å²) in [6, 6.07) is 4.34. The van der Waals surface area contributed by atoms with Crippen LogP contribution in [0.25, 0.3) is 16.9 Å². The molecule has 0 spiro atoms. The Kier molecular flexibility index (Phi) is 2.87. The molecule has 19 heavy (non-hydrogen) atoms. The van der Waals surface area contributed by atoms with Gasteiger partial charge in [-0.25, -0.2) is 9.37 Å². The zero-order valence-corrected chi connectivity index (χ0v) is 11.7. The molecule has 0 unspecified atom stereocenters. The number of hydrogen-bond acceptors (Lipinski definition) is 4. The third-order valence-corrected chi connectivity index (χ3v) is 3.58. The first kappa shape index (κ1) is 12.3. The van der Waals surface area contributed by atoms with Gasteiger partial charge in [0.05, 0.1) is 10.2 Å². The molecule has 2 aromatic heterocycles. The number of nitrogens with two attached hydrogens (primary N) is 1. The number of benzene rings is 1. The molecule has 0 fully saturated rings. The number of halogens is 3. The highest BCUT2D eigenvalue weighted by atomic mass is 79.9. The normalized spacial score (nSPS) is 11.1. The first-order valence-corrected chi connectivity index (χ1v) is 6.35. The average Bonchev–Trinajstić information content (AvgIpc) is 2.84. The number of anilines is 1. The van der Waals surface area contributed by atoms with Crippen LogP contribution in [-0.4, -0.2) is 19.6 Å². The van der Waals surface area contributed by atoms with Crippen LogP contribution in [0.4, 0.5) is 10.3 Å². The van der Waals surface area contributed by atoms with E-state index in [9.17, 15) is 4.39 Å². The van der Waals surface area contributed by atoms with Gasteiger partial charge in [0, 0.05) is 10.6 Å². The molecule has 0 radical (unpaired) electrons. The molecule has 0 aliphatic carbocycles. The van der Waals surface area contributed by atoms with Gasteiger partial charge in [-0.1, -0.05) is 11.6 Å². The third-order valence-electron chi connectivity index (χ3n) is 2.61. The number of fused-ring (bicyclic) bond motifs is 1. The first-order chi connectivity index (χ1) is 9.08. The van der Waals surface area contributed by atoms with Crippen molar-refractivity contribution in [3.05, 3.63) is 39.8 Å². The van der Waals surface area contributed by atoms with Gasteiger partial charge < -0.3 is 5.73 Å². The van der Waals surface area contributed by atoms with Gasteiger partial charge >= 0.3 is 0 Å². The van der Waals surface area contributed by atoms with Crippen LogP contribution >= 0.6 is 27.5 Å². The van der Waals surface area contributed by atoms with Gasteiger partial charge in [-0.05, 0) is 34.1 Å². The van der Waals surface area contributed by atoms with E-state index in [4.69, 9.17) is 17.3 Å². The topological polar surface area (TPSA) is 69.1 Å². The van der Waals surface area contributed by atoms with Gasteiger partial charge in [0.2, 0.25) is 5.95 Å². The lowest BCUT2D eigenvalue weighted by Crippen LogP contribution is -2.03. The zero-order chi connectivity index (χ0) is 13.6. The number of nitrogens with zero attached hydrogens (tertiary/aromatic N) is 4.